The smallest absolute Gasteiger partial charge is 0.257 e. The maximum atomic E-state index is 9.69. The van der Waals surface area contributed by atoms with Gasteiger partial charge in [-0.1, -0.05) is 0 Å². The summed E-state index contributed by atoms with van der Waals surface area (Å²) in [6, 6.07) is 0. The van der Waals surface area contributed by atoms with E-state index >= 15 is 0 Å². The predicted octanol–water partition coefficient (Wildman–Crippen LogP) is 0.549. The molecule has 0 saturated heterocycles. The second-order valence-corrected chi connectivity index (χ2v) is 4.20. The zero-order chi connectivity index (χ0) is 4.50. The van der Waals surface area contributed by atoms with Crippen LogP contribution in [0.4, 0.5) is 0 Å². The van der Waals surface area contributed by atoms with Crippen molar-refractivity contribution in [3.63, 3.8) is 0 Å². The van der Waals surface area contributed by atoms with Crippen molar-refractivity contribution in [3.05, 3.63) is 0 Å². The molecule has 0 aromatic heterocycles. The van der Waals surface area contributed by atoms with Crippen LogP contribution >= 0.6 is 0 Å². The third kappa shape index (κ3) is 1010. The van der Waals surface area contributed by atoms with Crippen LogP contribution in [0.3, 0.4) is 0 Å². The first-order chi connectivity index (χ1) is 2.00. The van der Waals surface area contributed by atoms with Gasteiger partial charge in [-0.2, -0.15) is 0 Å². The van der Waals surface area contributed by atoms with Crippen molar-refractivity contribution in [1.82, 2.24) is 0 Å². The van der Waals surface area contributed by atoms with Gasteiger partial charge in [-0.25, -0.2) is 0 Å². The summed E-state index contributed by atoms with van der Waals surface area (Å²) in [6.07, 6.45) is 0. The molecule has 0 aliphatic carbocycles. The zero-order valence-corrected chi connectivity index (χ0v) is 4.32. The molecule has 2 nitrogen and oxygen atoms in total. The average Bonchev–Trinajstić information content (AvgIpc) is 0.722. The topological polar surface area (TPSA) is 39.8 Å². The molecule has 2 radical (unpaired) electrons. The van der Waals surface area contributed by atoms with E-state index in [9.17, 15) is 9.59 Å². The fraction of sp³-hybridized carbons (Fsp3) is 1.00. The highest BCUT2D eigenvalue weighted by atomic mass is 28.4. The summed E-state index contributed by atoms with van der Waals surface area (Å²) in [7, 11) is -3.11. The zero-order valence-electron chi connectivity index (χ0n) is 3.32. The largest absolute Gasteiger partial charge is 0.400 e. The predicted molar refractivity (Wildman–Crippen MR) is 18.9 cm³/mol. The Balaban J connectivity index is 3.02. The lowest BCUT2D eigenvalue weighted by molar-refractivity contribution is 0.260. The molecule has 0 aliphatic rings. The van der Waals surface area contributed by atoms with Gasteiger partial charge in [-0.3, -0.25) is 9.59 Å². The third-order valence-corrected chi connectivity index (χ3v) is 0. The van der Waals surface area contributed by atoms with Crippen LogP contribution in [0, 0.1) is 0 Å². The molecule has 0 amide bonds. The maximum absolute atomic E-state index is 9.69. The summed E-state index contributed by atoms with van der Waals surface area (Å²) in [6.45, 7) is 2.43. The molecule has 0 heterocycles. The highest BCUT2D eigenvalue weighted by molar-refractivity contribution is 6.60. The van der Waals surface area contributed by atoms with Gasteiger partial charge in [0.15, 0.2) is 0 Å². The van der Waals surface area contributed by atoms with E-state index in [1.807, 2.05) is 0 Å². The van der Waals surface area contributed by atoms with Crippen LogP contribution < -0.4 is 0 Å². The molecule has 0 rings (SSSR count). The highest BCUT2D eigenvalue weighted by Gasteiger charge is 2.15. The molecule has 0 unspecified atom stereocenters. The standard InChI is InChI=1S/C2H6O2Si/c1-5(2,3)4/h1-2H3. The molecule has 0 fully saturated rings. The molecule has 0 aromatic carbocycles. The van der Waals surface area contributed by atoms with Crippen molar-refractivity contribution in [1.29, 1.82) is 0 Å². The van der Waals surface area contributed by atoms with Gasteiger partial charge in [0.25, 0.3) is 0 Å². The van der Waals surface area contributed by atoms with Crippen molar-refractivity contribution in [2.24, 2.45) is 0 Å². The first-order valence-electron chi connectivity index (χ1n) is 1.41. The van der Waals surface area contributed by atoms with Gasteiger partial charge in [0.1, 0.15) is 0 Å². The van der Waals surface area contributed by atoms with Crippen LogP contribution in [0.2, 0.25) is 13.1 Å². The Bertz CT molecular complexity index is 23.1. The van der Waals surface area contributed by atoms with Crippen LogP contribution in [0.15, 0.2) is 0 Å². The summed E-state index contributed by atoms with van der Waals surface area (Å²) >= 11 is 0. The molecule has 0 N–H and O–H groups in total. The van der Waals surface area contributed by atoms with E-state index in [1.54, 1.807) is 0 Å². The molecule has 0 aromatic rings. The van der Waals surface area contributed by atoms with Gasteiger partial charge in [0.05, 0.1) is 0 Å². The summed E-state index contributed by atoms with van der Waals surface area (Å²) in [5.41, 5.74) is 0. The van der Waals surface area contributed by atoms with Crippen LogP contribution in [0.5, 0.6) is 0 Å². The molecule has 0 saturated carbocycles. The van der Waals surface area contributed by atoms with E-state index in [4.69, 9.17) is 0 Å². The van der Waals surface area contributed by atoms with E-state index in [1.165, 1.54) is 13.1 Å². The van der Waals surface area contributed by atoms with Crippen molar-refractivity contribution in [2.75, 3.05) is 0 Å². The van der Waals surface area contributed by atoms with E-state index in [-0.39, 0.29) is 0 Å². The Morgan fingerprint density at radius 2 is 1.20 bits per heavy atom. The Morgan fingerprint density at radius 1 is 1.20 bits per heavy atom. The molecule has 0 atom stereocenters. The van der Waals surface area contributed by atoms with Crippen molar-refractivity contribution in [2.45, 2.75) is 13.1 Å². The summed E-state index contributed by atoms with van der Waals surface area (Å²) in [4.78, 5) is 19.4. The molecule has 0 spiro atoms. The van der Waals surface area contributed by atoms with Crippen molar-refractivity contribution < 1.29 is 9.59 Å². The van der Waals surface area contributed by atoms with Gasteiger partial charge in [0.2, 0.25) is 0 Å². The minimum atomic E-state index is -3.11. The highest BCUT2D eigenvalue weighted by Crippen LogP contribution is 1.86. The van der Waals surface area contributed by atoms with Gasteiger partial charge < -0.3 is 0 Å². The van der Waals surface area contributed by atoms with E-state index in [0.29, 0.717) is 0 Å². The Morgan fingerprint density at radius 3 is 1.20 bits per heavy atom. The van der Waals surface area contributed by atoms with E-state index in [2.05, 4.69) is 0 Å². The van der Waals surface area contributed by atoms with Crippen molar-refractivity contribution >= 4 is 8.56 Å². The van der Waals surface area contributed by atoms with Crippen LogP contribution in [0.1, 0.15) is 0 Å². The van der Waals surface area contributed by atoms with Gasteiger partial charge in [0, 0.05) is 0 Å². The maximum Gasteiger partial charge on any atom is 0.400 e. The first kappa shape index (κ1) is 5.14. The first-order valence-corrected chi connectivity index (χ1v) is 4.22. The summed E-state index contributed by atoms with van der Waals surface area (Å²) in [5.74, 6) is 0. The van der Waals surface area contributed by atoms with Crippen molar-refractivity contribution in [3.8, 4) is 0 Å². The lowest BCUT2D eigenvalue weighted by Gasteiger charge is -1.89. The minimum Gasteiger partial charge on any atom is -0.257 e. The summed E-state index contributed by atoms with van der Waals surface area (Å²) < 4.78 is 0. The van der Waals surface area contributed by atoms with E-state index in [0.717, 1.165) is 0 Å². The van der Waals surface area contributed by atoms with Crippen LogP contribution in [-0.4, -0.2) is 8.56 Å². The lowest BCUT2D eigenvalue weighted by Crippen LogP contribution is -2.18. The molecular weight excluding hydrogens is 84.1 g/mol. The minimum absolute atomic E-state index is 1.22. The van der Waals surface area contributed by atoms with Crippen LogP contribution in [0.25, 0.3) is 0 Å². The monoisotopic (exact) mass is 90.0 g/mol. The molecular formula is C2H6O2Si. The SMILES string of the molecule is C[Si](C)([O])[O]. The molecule has 0 bridgehead atoms. The number of hydrogen-bond donors (Lipinski definition) is 0. The Hall–Kier alpha value is 0.137. The van der Waals surface area contributed by atoms with Gasteiger partial charge >= 0.3 is 8.56 Å². The lowest BCUT2D eigenvalue weighted by atomic mass is 11.9. The fourth-order valence-corrected chi connectivity index (χ4v) is 0. The number of rotatable bonds is 0. The average molecular weight is 90.2 g/mol. The molecule has 5 heavy (non-hydrogen) atoms. The Kier molecular flexibility index (Phi) is 1.11. The number of hydrogen-bond acceptors (Lipinski definition) is 0. The normalized spacial score (nSPS) is 12.0. The summed E-state index contributed by atoms with van der Waals surface area (Å²) in [5, 5.41) is 0. The molecule has 3 heteroatoms. The van der Waals surface area contributed by atoms with Gasteiger partial charge in [-0.05, 0) is 13.1 Å². The van der Waals surface area contributed by atoms with Gasteiger partial charge in [-0.15, -0.1) is 0 Å². The molecule has 0 aliphatic heterocycles. The fourth-order valence-electron chi connectivity index (χ4n) is 0. The second-order valence-electron chi connectivity index (χ2n) is 1.40. The Labute approximate surface area is 32.3 Å². The molecule has 30 valence electrons. The second kappa shape index (κ2) is 1.08. The quantitative estimate of drug-likeness (QED) is 0.390. The third-order valence-electron chi connectivity index (χ3n) is 0. The van der Waals surface area contributed by atoms with Crippen LogP contribution in [-0.2, 0) is 9.59 Å². The van der Waals surface area contributed by atoms with E-state index < -0.39 is 8.56 Å².